The van der Waals surface area contributed by atoms with Crippen molar-refractivity contribution in [2.24, 2.45) is 0 Å². The van der Waals surface area contributed by atoms with E-state index >= 15 is 0 Å². The van der Waals surface area contributed by atoms with Crippen LogP contribution in [0.4, 0.5) is 0 Å². The lowest BCUT2D eigenvalue weighted by Crippen LogP contribution is -2.47. The number of aryl methyl sites for hydroxylation is 1. The Morgan fingerprint density at radius 2 is 2.19 bits per heavy atom. The molecule has 0 spiro atoms. The van der Waals surface area contributed by atoms with Gasteiger partial charge in [0.1, 0.15) is 5.69 Å². The van der Waals surface area contributed by atoms with Gasteiger partial charge in [0, 0.05) is 31.9 Å². The number of aromatic nitrogens is 2. The summed E-state index contributed by atoms with van der Waals surface area (Å²) in [5.74, 6) is -0.108. The number of hydrogen-bond donors (Lipinski definition) is 2. The average Bonchev–Trinajstić information content (AvgIpc) is 2.86. The van der Waals surface area contributed by atoms with Crippen LogP contribution < -0.4 is 5.32 Å². The number of nitrogens with one attached hydrogen (secondary N) is 2. The van der Waals surface area contributed by atoms with Gasteiger partial charge in [-0.2, -0.15) is 5.10 Å². The fourth-order valence-electron chi connectivity index (χ4n) is 2.76. The van der Waals surface area contributed by atoms with Gasteiger partial charge in [0.2, 0.25) is 0 Å². The van der Waals surface area contributed by atoms with E-state index in [1.54, 1.807) is 0 Å². The van der Waals surface area contributed by atoms with E-state index in [-0.39, 0.29) is 18.1 Å². The highest BCUT2D eigenvalue weighted by atomic mass is 16.5. The van der Waals surface area contributed by atoms with Crippen molar-refractivity contribution in [2.75, 3.05) is 26.2 Å². The Balaban J connectivity index is 1.73. The molecule has 1 aromatic rings. The van der Waals surface area contributed by atoms with Crippen molar-refractivity contribution in [2.45, 2.75) is 45.8 Å². The van der Waals surface area contributed by atoms with Crippen LogP contribution >= 0.6 is 0 Å². The number of hydrogen-bond acceptors (Lipinski definition) is 4. The molecule has 118 valence electrons. The number of amides is 1. The number of aromatic amines is 1. The van der Waals surface area contributed by atoms with E-state index in [4.69, 9.17) is 4.74 Å². The first-order chi connectivity index (χ1) is 10.1. The molecule has 0 aliphatic carbocycles. The van der Waals surface area contributed by atoms with Gasteiger partial charge in [-0.05, 0) is 26.3 Å². The standard InChI is InChI=1S/C15H26N4O2/c1-4-5-13-8-14(18-17-13)15(20)16-6-7-19-9-11(2)21-12(3)10-19/h8,11-12H,4-7,9-10H2,1-3H3,(H,16,20)(H,17,18)/t11-,12+. The Bertz CT molecular complexity index is 450. The average molecular weight is 294 g/mol. The summed E-state index contributed by atoms with van der Waals surface area (Å²) in [6, 6.07) is 1.83. The number of rotatable bonds is 6. The predicted molar refractivity (Wildman–Crippen MR) is 81.4 cm³/mol. The molecule has 0 unspecified atom stereocenters. The van der Waals surface area contributed by atoms with Crippen LogP contribution in [0.3, 0.4) is 0 Å². The zero-order chi connectivity index (χ0) is 15.2. The summed E-state index contributed by atoms with van der Waals surface area (Å²) in [7, 11) is 0. The minimum atomic E-state index is -0.108. The molecule has 6 nitrogen and oxygen atoms in total. The molecule has 1 fully saturated rings. The highest BCUT2D eigenvalue weighted by Crippen LogP contribution is 2.09. The third-order valence-electron chi connectivity index (χ3n) is 3.59. The lowest BCUT2D eigenvalue weighted by molar-refractivity contribution is -0.0672. The lowest BCUT2D eigenvalue weighted by atomic mass is 10.2. The molecule has 6 heteroatoms. The van der Waals surface area contributed by atoms with E-state index in [1.807, 2.05) is 6.07 Å². The van der Waals surface area contributed by atoms with E-state index in [0.29, 0.717) is 12.2 Å². The first-order valence-electron chi connectivity index (χ1n) is 7.78. The van der Waals surface area contributed by atoms with E-state index < -0.39 is 0 Å². The quantitative estimate of drug-likeness (QED) is 0.827. The maximum Gasteiger partial charge on any atom is 0.271 e. The molecule has 0 bridgehead atoms. The molecule has 1 aliphatic heterocycles. The van der Waals surface area contributed by atoms with Crippen molar-refractivity contribution in [3.05, 3.63) is 17.5 Å². The molecule has 0 radical (unpaired) electrons. The highest BCUT2D eigenvalue weighted by molar-refractivity contribution is 5.92. The van der Waals surface area contributed by atoms with Gasteiger partial charge in [-0.3, -0.25) is 14.8 Å². The lowest BCUT2D eigenvalue weighted by Gasteiger charge is -2.35. The van der Waals surface area contributed by atoms with E-state index in [2.05, 4.69) is 41.2 Å². The number of morpholine rings is 1. The maximum absolute atomic E-state index is 12.0. The van der Waals surface area contributed by atoms with E-state index in [9.17, 15) is 4.79 Å². The van der Waals surface area contributed by atoms with Crippen LogP contribution in [-0.2, 0) is 11.2 Å². The van der Waals surface area contributed by atoms with Crippen LogP contribution in [0.2, 0.25) is 0 Å². The predicted octanol–water partition coefficient (Wildman–Crippen LogP) is 1.20. The van der Waals surface area contributed by atoms with Crippen molar-refractivity contribution >= 4 is 5.91 Å². The Morgan fingerprint density at radius 1 is 1.48 bits per heavy atom. The van der Waals surface area contributed by atoms with Crippen LogP contribution in [0, 0.1) is 0 Å². The highest BCUT2D eigenvalue weighted by Gasteiger charge is 2.21. The summed E-state index contributed by atoms with van der Waals surface area (Å²) in [5.41, 5.74) is 1.49. The van der Waals surface area contributed by atoms with Crippen molar-refractivity contribution in [1.82, 2.24) is 20.4 Å². The first kappa shape index (κ1) is 16.0. The summed E-state index contributed by atoms with van der Waals surface area (Å²) in [5, 5.41) is 9.88. The minimum Gasteiger partial charge on any atom is -0.373 e. The number of carbonyl (C=O) groups excluding carboxylic acids is 1. The van der Waals surface area contributed by atoms with Crippen LogP contribution in [0.5, 0.6) is 0 Å². The molecule has 1 aromatic heterocycles. The molecule has 0 saturated carbocycles. The zero-order valence-electron chi connectivity index (χ0n) is 13.2. The molecule has 1 amide bonds. The third-order valence-corrected chi connectivity index (χ3v) is 3.59. The fourth-order valence-corrected chi connectivity index (χ4v) is 2.76. The van der Waals surface area contributed by atoms with E-state index in [1.165, 1.54) is 0 Å². The molecule has 1 saturated heterocycles. The Morgan fingerprint density at radius 3 is 2.86 bits per heavy atom. The van der Waals surface area contributed by atoms with Gasteiger partial charge < -0.3 is 10.1 Å². The molecule has 0 aromatic carbocycles. The maximum atomic E-state index is 12.0. The van der Waals surface area contributed by atoms with Crippen molar-refractivity contribution in [1.29, 1.82) is 0 Å². The minimum absolute atomic E-state index is 0.108. The number of ether oxygens (including phenoxy) is 1. The second kappa shape index (κ2) is 7.56. The van der Waals surface area contributed by atoms with Gasteiger partial charge in [0.05, 0.1) is 12.2 Å². The summed E-state index contributed by atoms with van der Waals surface area (Å²) in [6.45, 7) is 9.59. The van der Waals surface area contributed by atoms with Crippen LogP contribution in [0.15, 0.2) is 6.07 Å². The monoisotopic (exact) mass is 294 g/mol. The molecule has 1 aliphatic rings. The van der Waals surface area contributed by atoms with Gasteiger partial charge in [0.15, 0.2) is 0 Å². The molecule has 2 rings (SSSR count). The summed E-state index contributed by atoms with van der Waals surface area (Å²) in [6.07, 6.45) is 2.47. The number of H-pyrrole nitrogens is 1. The largest absolute Gasteiger partial charge is 0.373 e. The van der Waals surface area contributed by atoms with Crippen molar-refractivity contribution in [3.8, 4) is 0 Å². The van der Waals surface area contributed by atoms with Crippen LogP contribution in [-0.4, -0.2) is 59.4 Å². The first-order valence-corrected chi connectivity index (χ1v) is 7.78. The van der Waals surface area contributed by atoms with Gasteiger partial charge in [-0.25, -0.2) is 0 Å². The van der Waals surface area contributed by atoms with Gasteiger partial charge in [-0.1, -0.05) is 13.3 Å². The zero-order valence-corrected chi connectivity index (χ0v) is 13.2. The van der Waals surface area contributed by atoms with Crippen LogP contribution in [0.25, 0.3) is 0 Å². The van der Waals surface area contributed by atoms with E-state index in [0.717, 1.165) is 38.2 Å². The molecular weight excluding hydrogens is 268 g/mol. The molecule has 2 heterocycles. The SMILES string of the molecule is CCCc1cc(C(=O)NCCN2C[C@@H](C)O[C@@H](C)C2)n[nH]1. The Kier molecular flexibility index (Phi) is 5.76. The van der Waals surface area contributed by atoms with Gasteiger partial charge in [0.25, 0.3) is 5.91 Å². The van der Waals surface area contributed by atoms with Gasteiger partial charge >= 0.3 is 0 Å². The molecular formula is C15H26N4O2. The molecule has 21 heavy (non-hydrogen) atoms. The number of carbonyl (C=O) groups is 1. The number of nitrogens with zero attached hydrogens (tertiary/aromatic N) is 2. The fraction of sp³-hybridized carbons (Fsp3) is 0.733. The Hall–Kier alpha value is -1.40. The smallest absolute Gasteiger partial charge is 0.271 e. The molecule has 2 atom stereocenters. The second-order valence-electron chi connectivity index (χ2n) is 5.80. The van der Waals surface area contributed by atoms with Gasteiger partial charge in [-0.15, -0.1) is 0 Å². The van der Waals surface area contributed by atoms with Crippen molar-refractivity contribution < 1.29 is 9.53 Å². The molecule has 2 N–H and O–H groups in total. The normalized spacial score (nSPS) is 23.2. The topological polar surface area (TPSA) is 70.2 Å². The Labute approximate surface area is 126 Å². The van der Waals surface area contributed by atoms with Crippen molar-refractivity contribution in [3.63, 3.8) is 0 Å². The summed E-state index contributed by atoms with van der Waals surface area (Å²) in [4.78, 5) is 14.3. The summed E-state index contributed by atoms with van der Waals surface area (Å²) >= 11 is 0. The summed E-state index contributed by atoms with van der Waals surface area (Å²) < 4.78 is 5.70. The van der Waals surface area contributed by atoms with Crippen LogP contribution in [0.1, 0.15) is 43.4 Å². The second-order valence-corrected chi connectivity index (χ2v) is 5.80. The third kappa shape index (κ3) is 4.82.